The molecule has 55 heavy (non-hydrogen) atoms. The Morgan fingerprint density at radius 1 is 0.545 bits per heavy atom. The molecule has 0 aliphatic carbocycles. The summed E-state index contributed by atoms with van der Waals surface area (Å²) >= 11 is 0. The van der Waals surface area contributed by atoms with Gasteiger partial charge in [0.2, 0.25) is 0 Å². The van der Waals surface area contributed by atoms with Crippen LogP contribution in [0.25, 0.3) is 10.8 Å². The number of benzene rings is 6. The molecule has 6 rings (SSSR count). The Balaban J connectivity index is 1.24. The molecule has 21 heteroatoms. The molecule has 0 fully saturated rings. The van der Waals surface area contributed by atoms with E-state index in [1.165, 1.54) is 30.3 Å². The van der Waals surface area contributed by atoms with Gasteiger partial charge in [0, 0.05) is 34.2 Å². The van der Waals surface area contributed by atoms with Crippen molar-refractivity contribution in [3.63, 3.8) is 0 Å². The van der Waals surface area contributed by atoms with Crippen LogP contribution in [0.4, 0.5) is 51.2 Å². The summed E-state index contributed by atoms with van der Waals surface area (Å²) in [5.41, 5.74) is 6.65. The predicted molar refractivity (Wildman–Crippen MR) is 202 cm³/mol. The minimum Gasteiger partial charge on any atom is -0.506 e. The maximum absolute atomic E-state index is 12.4. The van der Waals surface area contributed by atoms with Crippen molar-refractivity contribution in [2.24, 2.45) is 20.5 Å². The first-order valence-electron chi connectivity index (χ1n) is 15.4. The third kappa shape index (κ3) is 8.84. The maximum Gasteiger partial charge on any atom is 0.296 e. The number of nitrogens with zero attached hydrogens (tertiary/aromatic N) is 4. The Kier molecular flexibility index (Phi) is 10.2. The molecule has 0 radical (unpaired) electrons. The highest BCUT2D eigenvalue weighted by atomic mass is 32.2. The number of aromatic hydroxyl groups is 2. The largest absolute Gasteiger partial charge is 0.506 e. The third-order valence-electron chi connectivity index (χ3n) is 7.70. The molecule has 0 heterocycles. The van der Waals surface area contributed by atoms with Crippen molar-refractivity contribution >= 4 is 92.3 Å². The zero-order valence-electron chi connectivity index (χ0n) is 27.7. The van der Waals surface area contributed by atoms with Crippen LogP contribution in [0, 0.1) is 0 Å². The van der Waals surface area contributed by atoms with Crippen LogP contribution in [0.1, 0.15) is 0 Å². The summed E-state index contributed by atoms with van der Waals surface area (Å²) in [4.78, 5) is -2.43. The number of nitrogen functional groups attached to an aromatic ring is 1. The van der Waals surface area contributed by atoms with E-state index in [1.807, 2.05) is 30.3 Å². The Hall–Kier alpha value is -6.49. The summed E-state index contributed by atoms with van der Waals surface area (Å²) in [7, 11) is -14.9. The minimum absolute atomic E-state index is 0.112. The Morgan fingerprint density at radius 3 is 1.80 bits per heavy atom. The Morgan fingerprint density at radius 2 is 1.16 bits per heavy atom. The SMILES string of the molecule is Nc1cc(S(=O)(=O)O)cc2cc(S(=O)(=O)O)c(/N=N/c3ccc(Nc4ccc(/N=N/c5ccc(Nc6ccccc6)cc5O)cc4)c(S(=O)(=O)O)c3)c(O)c12. The fourth-order valence-electron chi connectivity index (χ4n) is 5.18. The first-order valence-corrected chi connectivity index (χ1v) is 19.7. The highest BCUT2D eigenvalue weighted by molar-refractivity contribution is 7.86. The molecular weight excluding hydrogens is 779 g/mol. The van der Waals surface area contributed by atoms with E-state index in [9.17, 15) is 49.1 Å². The molecule has 0 saturated heterocycles. The van der Waals surface area contributed by atoms with E-state index in [-0.39, 0.29) is 33.6 Å². The number of rotatable bonds is 11. The second kappa shape index (κ2) is 14.7. The standard InChI is InChI=1S/C34H27N7O11S3/c35-26-18-25(53(44,45)46)14-19-15-31(55(50,51)52)33(34(43)32(19)26)41-39-24-11-13-28(30(17-24)54(47,48)49)37-21-6-8-22(9-7-21)38-40-27-12-10-23(16-29(27)42)36-20-4-2-1-3-5-20/h1-18,36-37,42-43H,35H2,(H,44,45,46)(H,47,48,49)(H,50,51,52)/b40-38+,41-39+. The van der Waals surface area contributed by atoms with E-state index in [2.05, 4.69) is 31.1 Å². The first kappa shape index (κ1) is 38.2. The number of nitrogens with two attached hydrogens (primary N) is 1. The quantitative estimate of drug-likeness (QED) is 0.0351. The third-order valence-corrected chi connectivity index (χ3v) is 10.3. The fourth-order valence-corrected chi connectivity index (χ4v) is 7.06. The summed E-state index contributed by atoms with van der Waals surface area (Å²) in [5, 5.41) is 42.4. The molecule has 282 valence electrons. The molecule has 9 N–H and O–H groups in total. The highest BCUT2D eigenvalue weighted by Crippen LogP contribution is 2.44. The molecule has 0 saturated carbocycles. The molecule has 6 aromatic carbocycles. The van der Waals surface area contributed by atoms with Crippen molar-refractivity contribution in [1.82, 2.24) is 0 Å². The number of fused-ring (bicyclic) bond motifs is 1. The molecule has 0 aliphatic heterocycles. The number of nitrogens with one attached hydrogen (secondary N) is 2. The lowest BCUT2D eigenvalue weighted by Gasteiger charge is -2.12. The summed E-state index contributed by atoms with van der Waals surface area (Å²) < 4.78 is 102. The molecule has 0 amide bonds. The van der Waals surface area contributed by atoms with Gasteiger partial charge in [-0.15, -0.1) is 10.2 Å². The average molecular weight is 806 g/mol. The number of azo groups is 2. The number of hydrogen-bond acceptors (Lipinski definition) is 15. The fraction of sp³-hybridized carbons (Fsp3) is 0. The van der Waals surface area contributed by atoms with Gasteiger partial charge in [-0.2, -0.15) is 35.5 Å². The van der Waals surface area contributed by atoms with Gasteiger partial charge in [-0.3, -0.25) is 13.7 Å². The van der Waals surface area contributed by atoms with E-state index >= 15 is 0 Å². The molecule has 0 bridgehead atoms. The smallest absolute Gasteiger partial charge is 0.296 e. The minimum atomic E-state index is -5.16. The summed E-state index contributed by atoms with van der Waals surface area (Å²) in [6.07, 6.45) is 0. The van der Waals surface area contributed by atoms with Crippen molar-refractivity contribution < 1.29 is 49.1 Å². The van der Waals surface area contributed by atoms with Gasteiger partial charge in [0.25, 0.3) is 30.4 Å². The van der Waals surface area contributed by atoms with E-state index in [1.54, 1.807) is 24.3 Å². The molecule has 0 spiro atoms. The molecule has 0 unspecified atom stereocenters. The van der Waals surface area contributed by atoms with Crippen LogP contribution in [-0.2, 0) is 30.4 Å². The van der Waals surface area contributed by atoms with Crippen LogP contribution in [0.2, 0.25) is 0 Å². The van der Waals surface area contributed by atoms with Crippen LogP contribution in [0.5, 0.6) is 11.5 Å². The number of phenols is 2. The lowest BCUT2D eigenvalue weighted by Crippen LogP contribution is -2.03. The van der Waals surface area contributed by atoms with E-state index in [4.69, 9.17) is 5.73 Å². The van der Waals surface area contributed by atoms with Gasteiger partial charge in [0.15, 0.2) is 5.75 Å². The monoisotopic (exact) mass is 805 g/mol. The van der Waals surface area contributed by atoms with Gasteiger partial charge in [0.1, 0.15) is 26.9 Å². The molecule has 0 atom stereocenters. The molecule has 18 nitrogen and oxygen atoms in total. The number of hydrogen-bond donors (Lipinski definition) is 8. The van der Waals surface area contributed by atoms with Crippen molar-refractivity contribution in [1.29, 1.82) is 0 Å². The zero-order chi connectivity index (χ0) is 39.7. The van der Waals surface area contributed by atoms with Gasteiger partial charge < -0.3 is 26.6 Å². The van der Waals surface area contributed by atoms with Crippen molar-refractivity contribution in [3.8, 4) is 11.5 Å². The van der Waals surface area contributed by atoms with Crippen LogP contribution in [-0.4, -0.2) is 49.1 Å². The van der Waals surface area contributed by atoms with Crippen molar-refractivity contribution in [2.45, 2.75) is 14.7 Å². The van der Waals surface area contributed by atoms with E-state index in [0.717, 1.165) is 30.0 Å². The van der Waals surface area contributed by atoms with Crippen LogP contribution >= 0.6 is 0 Å². The predicted octanol–water partition coefficient (Wildman–Crippen LogP) is 7.89. The van der Waals surface area contributed by atoms with Gasteiger partial charge >= 0.3 is 0 Å². The first-order chi connectivity index (χ1) is 25.9. The summed E-state index contributed by atoms with van der Waals surface area (Å²) in [6, 6.07) is 26.0. The van der Waals surface area contributed by atoms with Crippen LogP contribution in [0.3, 0.4) is 0 Å². The number of phenolic OH excluding ortho intramolecular Hbond substituents is 2. The van der Waals surface area contributed by atoms with Gasteiger partial charge in [-0.1, -0.05) is 18.2 Å². The Bertz CT molecular complexity index is 2870. The second-order valence-electron chi connectivity index (χ2n) is 11.6. The highest BCUT2D eigenvalue weighted by Gasteiger charge is 2.25. The average Bonchev–Trinajstić information content (AvgIpc) is 3.11. The van der Waals surface area contributed by atoms with Gasteiger partial charge in [-0.25, -0.2) is 0 Å². The molecular formula is C34H27N7O11S3. The van der Waals surface area contributed by atoms with Crippen molar-refractivity contribution in [3.05, 3.63) is 109 Å². The van der Waals surface area contributed by atoms with Crippen LogP contribution in [0.15, 0.2) is 144 Å². The second-order valence-corrected chi connectivity index (χ2v) is 15.8. The lowest BCUT2D eigenvalue weighted by molar-refractivity contribution is 0.472. The van der Waals surface area contributed by atoms with E-state index < -0.39 is 62.2 Å². The van der Waals surface area contributed by atoms with Gasteiger partial charge in [-0.05, 0) is 90.3 Å². The number of anilines is 5. The molecule has 0 aromatic heterocycles. The summed E-state index contributed by atoms with van der Waals surface area (Å²) in [6.45, 7) is 0. The molecule has 6 aromatic rings. The molecule has 0 aliphatic rings. The van der Waals surface area contributed by atoms with Crippen LogP contribution < -0.4 is 16.4 Å². The Labute approximate surface area is 312 Å². The maximum atomic E-state index is 12.4. The normalized spacial score (nSPS) is 12.4. The number of para-hydroxylation sites is 1. The summed E-state index contributed by atoms with van der Waals surface area (Å²) in [5.74, 6) is -1.06. The van der Waals surface area contributed by atoms with Gasteiger partial charge in [0.05, 0.1) is 22.0 Å². The van der Waals surface area contributed by atoms with E-state index in [0.29, 0.717) is 17.1 Å². The zero-order valence-corrected chi connectivity index (χ0v) is 30.1. The lowest BCUT2D eigenvalue weighted by atomic mass is 10.1. The van der Waals surface area contributed by atoms with Crippen molar-refractivity contribution in [2.75, 3.05) is 16.4 Å². The topological polar surface area (TPSA) is 303 Å².